The Morgan fingerprint density at radius 3 is 2.24 bits per heavy atom. The van der Waals surface area contributed by atoms with Crippen LogP contribution in [0.5, 0.6) is 5.75 Å². The van der Waals surface area contributed by atoms with Crippen LogP contribution in [-0.4, -0.2) is 39.2 Å². The van der Waals surface area contributed by atoms with Crippen LogP contribution in [0.4, 0.5) is 0 Å². The smallest absolute Gasteiger partial charge is 0.278 e. The molecule has 2 heterocycles. The van der Waals surface area contributed by atoms with Gasteiger partial charge in [0, 0.05) is 25.5 Å². The molecule has 2 amide bonds. The molecule has 1 aliphatic heterocycles. The molecule has 0 saturated heterocycles. The van der Waals surface area contributed by atoms with Gasteiger partial charge in [-0.15, -0.1) is 0 Å². The lowest BCUT2D eigenvalue weighted by atomic mass is 10.0. The molecule has 0 aliphatic carbocycles. The Balaban J connectivity index is 1.74. The van der Waals surface area contributed by atoms with E-state index in [1.54, 1.807) is 18.5 Å². The number of aromatic nitrogens is 1. The molecule has 1 aliphatic rings. The minimum Gasteiger partial charge on any atom is -0.491 e. The number of carbonyl (C=O) groups excluding carboxylic acids is 2. The lowest BCUT2D eigenvalue weighted by Gasteiger charge is -2.25. The number of carbonyl (C=O) groups is 2. The second-order valence-corrected chi connectivity index (χ2v) is 8.47. The first-order chi connectivity index (χ1) is 16.5. The predicted octanol–water partition coefficient (Wildman–Crippen LogP) is 4.67. The number of rotatable bonds is 9. The molecule has 0 radical (unpaired) electrons. The number of hydrogen-bond donors (Lipinski definition) is 0. The summed E-state index contributed by atoms with van der Waals surface area (Å²) in [6, 6.07) is 21.0. The summed E-state index contributed by atoms with van der Waals surface area (Å²) < 4.78 is 5.76. The molecule has 2 aromatic carbocycles. The zero-order valence-electron chi connectivity index (χ0n) is 19.8. The molecule has 0 bridgehead atoms. The summed E-state index contributed by atoms with van der Waals surface area (Å²) >= 11 is 0. The fraction of sp³-hybridized carbons (Fsp3) is 0.250. The van der Waals surface area contributed by atoms with E-state index in [1.807, 2.05) is 86.3 Å². The molecule has 0 spiro atoms. The van der Waals surface area contributed by atoms with Gasteiger partial charge in [-0.2, -0.15) is 0 Å². The molecule has 4 rings (SSSR count). The third kappa shape index (κ3) is 5.01. The molecule has 0 fully saturated rings. The first-order valence-electron chi connectivity index (χ1n) is 11.5. The van der Waals surface area contributed by atoms with Crippen molar-refractivity contribution in [3.63, 3.8) is 0 Å². The molecule has 0 N–H and O–H groups in total. The van der Waals surface area contributed by atoms with Gasteiger partial charge in [0.2, 0.25) is 0 Å². The van der Waals surface area contributed by atoms with Crippen molar-refractivity contribution in [3.05, 3.63) is 102 Å². The van der Waals surface area contributed by atoms with E-state index in [0.717, 1.165) is 16.9 Å². The van der Waals surface area contributed by atoms with Gasteiger partial charge in [-0.3, -0.25) is 19.5 Å². The molecule has 0 saturated carbocycles. The predicted molar refractivity (Wildman–Crippen MR) is 131 cm³/mol. The maximum absolute atomic E-state index is 13.7. The monoisotopic (exact) mass is 455 g/mol. The molecular formula is C28H29N3O3. The van der Waals surface area contributed by atoms with Crippen LogP contribution in [0.1, 0.15) is 37.5 Å². The highest BCUT2D eigenvalue weighted by Gasteiger charge is 2.41. The summed E-state index contributed by atoms with van der Waals surface area (Å²) in [6.45, 7) is 7.22. The largest absolute Gasteiger partial charge is 0.491 e. The van der Waals surface area contributed by atoms with Gasteiger partial charge in [0.1, 0.15) is 11.4 Å². The second-order valence-electron chi connectivity index (χ2n) is 8.47. The van der Waals surface area contributed by atoms with Crippen molar-refractivity contribution in [1.82, 2.24) is 14.8 Å². The molecule has 3 aromatic rings. The van der Waals surface area contributed by atoms with E-state index in [4.69, 9.17) is 4.74 Å². The second kappa shape index (κ2) is 10.3. The first kappa shape index (κ1) is 23.2. The Bertz CT molecular complexity index is 1170. The molecule has 1 aromatic heterocycles. The number of hydrogen-bond acceptors (Lipinski definition) is 5. The zero-order chi connectivity index (χ0) is 24.1. The maximum atomic E-state index is 13.7. The number of ether oxygens (including phenoxy) is 1. The number of nitrogens with zero attached hydrogens (tertiary/aromatic N) is 3. The van der Waals surface area contributed by atoms with Crippen molar-refractivity contribution in [2.75, 3.05) is 6.54 Å². The van der Waals surface area contributed by atoms with Crippen LogP contribution in [0.3, 0.4) is 0 Å². The van der Waals surface area contributed by atoms with E-state index in [9.17, 15) is 9.59 Å². The number of likely N-dealkylation sites (N-methyl/N-ethyl adjacent to an activating group) is 1. The van der Waals surface area contributed by atoms with Crippen LogP contribution < -0.4 is 4.74 Å². The van der Waals surface area contributed by atoms with Crippen LogP contribution >= 0.6 is 0 Å². The first-order valence-corrected chi connectivity index (χ1v) is 11.5. The average molecular weight is 456 g/mol. The standard InChI is InChI=1S/C28H29N3O3/c1-4-30(18-21-9-6-5-7-10-21)26-25(23-12-14-24(15-13-23)34-20(2)3)27(32)31(28(26)33)19-22-11-8-16-29-17-22/h5-17,20H,4,18-19H2,1-3H3. The maximum Gasteiger partial charge on any atom is 0.278 e. The highest BCUT2D eigenvalue weighted by molar-refractivity contribution is 6.35. The lowest BCUT2D eigenvalue weighted by molar-refractivity contribution is -0.138. The summed E-state index contributed by atoms with van der Waals surface area (Å²) in [6.07, 6.45) is 3.40. The van der Waals surface area contributed by atoms with Gasteiger partial charge in [0.05, 0.1) is 18.2 Å². The SMILES string of the molecule is CCN(Cc1ccccc1)C1=C(c2ccc(OC(C)C)cc2)C(=O)N(Cc2cccnc2)C1=O. The van der Waals surface area contributed by atoms with Gasteiger partial charge in [-0.25, -0.2) is 0 Å². The Hall–Kier alpha value is -3.93. The fourth-order valence-corrected chi connectivity index (χ4v) is 4.06. The molecule has 0 unspecified atom stereocenters. The summed E-state index contributed by atoms with van der Waals surface area (Å²) in [7, 11) is 0. The molecule has 174 valence electrons. The molecular weight excluding hydrogens is 426 g/mol. The van der Waals surface area contributed by atoms with Gasteiger partial charge in [-0.1, -0.05) is 48.5 Å². The molecule has 6 heteroatoms. The van der Waals surface area contributed by atoms with E-state index >= 15 is 0 Å². The topological polar surface area (TPSA) is 62.7 Å². The number of benzene rings is 2. The van der Waals surface area contributed by atoms with Gasteiger partial charge in [0.25, 0.3) is 11.8 Å². The molecule has 6 nitrogen and oxygen atoms in total. The Kier molecular flexibility index (Phi) is 7.07. The van der Waals surface area contributed by atoms with Crippen LogP contribution in [-0.2, 0) is 22.7 Å². The summed E-state index contributed by atoms with van der Waals surface area (Å²) in [5.41, 5.74) is 3.42. The summed E-state index contributed by atoms with van der Waals surface area (Å²) in [5, 5.41) is 0. The Morgan fingerprint density at radius 2 is 1.62 bits per heavy atom. The van der Waals surface area contributed by atoms with Crippen LogP contribution in [0, 0.1) is 0 Å². The van der Waals surface area contributed by atoms with Crippen molar-refractivity contribution in [2.24, 2.45) is 0 Å². The van der Waals surface area contributed by atoms with Gasteiger partial charge >= 0.3 is 0 Å². The zero-order valence-corrected chi connectivity index (χ0v) is 19.8. The van der Waals surface area contributed by atoms with Crippen molar-refractivity contribution < 1.29 is 14.3 Å². The van der Waals surface area contributed by atoms with Gasteiger partial charge in [0.15, 0.2) is 0 Å². The highest BCUT2D eigenvalue weighted by atomic mass is 16.5. The molecule has 34 heavy (non-hydrogen) atoms. The van der Waals surface area contributed by atoms with E-state index in [-0.39, 0.29) is 24.5 Å². The Labute approximate surface area is 200 Å². The minimum absolute atomic E-state index is 0.0479. The fourth-order valence-electron chi connectivity index (χ4n) is 4.06. The van der Waals surface area contributed by atoms with Crippen molar-refractivity contribution >= 4 is 17.4 Å². The van der Waals surface area contributed by atoms with E-state index < -0.39 is 0 Å². The molecule has 0 atom stereocenters. The summed E-state index contributed by atoms with van der Waals surface area (Å²) in [5.74, 6) is 0.138. The average Bonchev–Trinajstić information content (AvgIpc) is 3.09. The van der Waals surface area contributed by atoms with Crippen molar-refractivity contribution in [3.8, 4) is 5.75 Å². The summed E-state index contributed by atoms with van der Waals surface area (Å²) in [4.78, 5) is 34.7. The van der Waals surface area contributed by atoms with E-state index in [0.29, 0.717) is 29.9 Å². The van der Waals surface area contributed by atoms with Gasteiger partial charge < -0.3 is 9.64 Å². The number of pyridine rings is 1. The highest BCUT2D eigenvalue weighted by Crippen LogP contribution is 2.34. The van der Waals surface area contributed by atoms with E-state index in [1.165, 1.54) is 4.90 Å². The normalized spacial score (nSPS) is 13.7. The van der Waals surface area contributed by atoms with E-state index in [2.05, 4.69) is 4.98 Å². The Morgan fingerprint density at radius 1 is 0.912 bits per heavy atom. The van der Waals surface area contributed by atoms with Gasteiger partial charge in [-0.05, 0) is 55.7 Å². The van der Waals surface area contributed by atoms with Crippen LogP contribution in [0.25, 0.3) is 5.57 Å². The quantitative estimate of drug-likeness (QED) is 0.439. The van der Waals surface area contributed by atoms with Crippen molar-refractivity contribution in [2.45, 2.75) is 40.0 Å². The van der Waals surface area contributed by atoms with Crippen LogP contribution in [0.15, 0.2) is 84.8 Å². The number of amides is 2. The lowest BCUT2D eigenvalue weighted by Crippen LogP contribution is -2.34. The third-order valence-corrected chi connectivity index (χ3v) is 5.64. The third-order valence-electron chi connectivity index (χ3n) is 5.64. The van der Waals surface area contributed by atoms with Crippen molar-refractivity contribution in [1.29, 1.82) is 0 Å². The van der Waals surface area contributed by atoms with Crippen LogP contribution in [0.2, 0.25) is 0 Å². The number of imide groups is 1. The minimum atomic E-state index is -0.298.